The Labute approximate surface area is 95.8 Å². The van der Waals surface area contributed by atoms with Crippen molar-refractivity contribution in [1.29, 1.82) is 0 Å². The molecule has 0 saturated heterocycles. The molecule has 0 aliphatic rings. The molecule has 0 aliphatic carbocycles. The van der Waals surface area contributed by atoms with Gasteiger partial charge in [0, 0.05) is 13.2 Å². The highest BCUT2D eigenvalue weighted by Gasteiger charge is 2.17. The van der Waals surface area contributed by atoms with E-state index in [1.165, 1.54) is 0 Å². The number of aliphatic hydroxyl groups is 1. The number of amides is 2. The maximum atomic E-state index is 11.4. The first kappa shape index (κ1) is 14.9. The molecule has 6 nitrogen and oxygen atoms in total. The van der Waals surface area contributed by atoms with Crippen LogP contribution in [0.2, 0.25) is 0 Å². The van der Waals surface area contributed by atoms with E-state index in [-0.39, 0.29) is 24.5 Å². The second-order valence-corrected chi connectivity index (χ2v) is 3.61. The normalized spacial score (nSPS) is 14.0. The molecule has 0 aromatic carbocycles. The molecule has 0 bridgehead atoms. The van der Waals surface area contributed by atoms with Crippen molar-refractivity contribution in [3.8, 4) is 0 Å². The van der Waals surface area contributed by atoms with E-state index in [1.54, 1.807) is 20.9 Å². The molecule has 0 radical (unpaired) electrons. The molecule has 94 valence electrons. The van der Waals surface area contributed by atoms with Crippen molar-refractivity contribution in [2.75, 3.05) is 20.2 Å². The molecule has 0 fully saturated rings. The molecular formula is C10H21N3O3. The number of hydrogen-bond acceptors (Lipinski definition) is 4. The Morgan fingerprint density at radius 2 is 1.81 bits per heavy atom. The van der Waals surface area contributed by atoms with Gasteiger partial charge in [-0.2, -0.15) is 0 Å². The van der Waals surface area contributed by atoms with Crippen LogP contribution in [0.3, 0.4) is 0 Å². The third kappa shape index (κ3) is 5.67. The van der Waals surface area contributed by atoms with Crippen molar-refractivity contribution in [2.45, 2.75) is 32.4 Å². The van der Waals surface area contributed by atoms with Crippen molar-refractivity contribution in [3.63, 3.8) is 0 Å². The molecule has 16 heavy (non-hydrogen) atoms. The Kier molecular flexibility index (Phi) is 7.49. The summed E-state index contributed by atoms with van der Waals surface area (Å²) in [6, 6.07) is -0.894. The van der Waals surface area contributed by atoms with Gasteiger partial charge >= 0.3 is 0 Å². The lowest BCUT2D eigenvalue weighted by Gasteiger charge is -2.16. The van der Waals surface area contributed by atoms with Gasteiger partial charge in [0.25, 0.3) is 0 Å². The van der Waals surface area contributed by atoms with E-state index >= 15 is 0 Å². The molecule has 2 atom stereocenters. The van der Waals surface area contributed by atoms with Crippen LogP contribution in [0.1, 0.15) is 20.3 Å². The molecule has 0 rings (SSSR count). The molecular weight excluding hydrogens is 210 g/mol. The fraction of sp³-hybridized carbons (Fsp3) is 0.800. The van der Waals surface area contributed by atoms with E-state index in [9.17, 15) is 9.59 Å². The van der Waals surface area contributed by atoms with Crippen LogP contribution in [0.25, 0.3) is 0 Å². The number of hydrogen-bond donors (Lipinski definition) is 4. The predicted molar refractivity (Wildman–Crippen MR) is 60.8 cm³/mol. The molecule has 0 spiro atoms. The largest absolute Gasteiger partial charge is 0.396 e. The first-order chi connectivity index (χ1) is 7.52. The zero-order valence-corrected chi connectivity index (χ0v) is 10.0. The molecule has 0 unspecified atom stereocenters. The zero-order chi connectivity index (χ0) is 12.6. The van der Waals surface area contributed by atoms with E-state index in [2.05, 4.69) is 16.0 Å². The summed E-state index contributed by atoms with van der Waals surface area (Å²) < 4.78 is 0. The van der Waals surface area contributed by atoms with Crippen LogP contribution in [0.15, 0.2) is 0 Å². The first-order valence-electron chi connectivity index (χ1n) is 5.39. The third-order valence-corrected chi connectivity index (χ3v) is 2.21. The monoisotopic (exact) mass is 231 g/mol. The maximum Gasteiger partial charge on any atom is 0.242 e. The van der Waals surface area contributed by atoms with Crippen molar-refractivity contribution < 1.29 is 14.7 Å². The molecule has 0 aromatic rings. The summed E-state index contributed by atoms with van der Waals surface area (Å²) in [6.45, 7) is 3.79. The summed E-state index contributed by atoms with van der Waals surface area (Å²) in [5.41, 5.74) is 0. The second-order valence-electron chi connectivity index (χ2n) is 3.61. The van der Waals surface area contributed by atoms with E-state index in [0.29, 0.717) is 13.0 Å². The average molecular weight is 231 g/mol. The van der Waals surface area contributed by atoms with E-state index < -0.39 is 6.04 Å². The predicted octanol–water partition coefficient (Wildman–Crippen LogP) is -1.40. The minimum Gasteiger partial charge on any atom is -0.396 e. The van der Waals surface area contributed by atoms with Gasteiger partial charge in [0.2, 0.25) is 11.8 Å². The summed E-state index contributed by atoms with van der Waals surface area (Å²) in [6.07, 6.45) is 0.513. The van der Waals surface area contributed by atoms with Gasteiger partial charge in [-0.3, -0.25) is 9.59 Å². The van der Waals surface area contributed by atoms with Crippen LogP contribution in [0, 0.1) is 0 Å². The van der Waals surface area contributed by atoms with Crippen molar-refractivity contribution in [1.82, 2.24) is 16.0 Å². The van der Waals surface area contributed by atoms with Gasteiger partial charge in [-0.1, -0.05) is 0 Å². The molecule has 6 heteroatoms. The van der Waals surface area contributed by atoms with Gasteiger partial charge in [-0.25, -0.2) is 0 Å². The highest BCUT2D eigenvalue weighted by Crippen LogP contribution is 1.86. The van der Waals surface area contributed by atoms with E-state index in [1.807, 2.05) is 0 Å². The van der Waals surface area contributed by atoms with Crippen LogP contribution in [0.5, 0.6) is 0 Å². The Balaban J connectivity index is 3.91. The van der Waals surface area contributed by atoms with Crippen molar-refractivity contribution in [3.05, 3.63) is 0 Å². The topological polar surface area (TPSA) is 90.5 Å². The Bertz CT molecular complexity index is 233. The number of likely N-dealkylation sites (N-methyl/N-ethyl adjacent to an activating group) is 1. The minimum atomic E-state index is -0.568. The lowest BCUT2D eigenvalue weighted by atomic mass is 10.2. The lowest BCUT2D eigenvalue weighted by Crippen LogP contribution is -2.50. The smallest absolute Gasteiger partial charge is 0.242 e. The Hall–Kier alpha value is -1.14. The Morgan fingerprint density at radius 1 is 1.19 bits per heavy atom. The fourth-order valence-corrected chi connectivity index (χ4v) is 0.979. The zero-order valence-electron chi connectivity index (χ0n) is 10.0. The average Bonchev–Trinajstić information content (AvgIpc) is 2.27. The maximum absolute atomic E-state index is 11.4. The molecule has 0 aromatic heterocycles. The van der Waals surface area contributed by atoms with Crippen molar-refractivity contribution >= 4 is 11.8 Å². The number of carbonyl (C=O) groups is 2. The van der Waals surface area contributed by atoms with Gasteiger partial charge in [0.15, 0.2) is 0 Å². The second kappa shape index (κ2) is 8.06. The summed E-state index contributed by atoms with van der Waals surface area (Å²) >= 11 is 0. The Morgan fingerprint density at radius 3 is 2.31 bits per heavy atom. The van der Waals surface area contributed by atoms with Crippen molar-refractivity contribution in [2.24, 2.45) is 0 Å². The van der Waals surface area contributed by atoms with Crippen LogP contribution in [-0.2, 0) is 9.59 Å². The number of rotatable bonds is 7. The fourth-order valence-electron chi connectivity index (χ4n) is 0.979. The SMILES string of the molecule is CN[C@@H](C)C(=O)N[C@@H](C)C(=O)NCCCO. The van der Waals surface area contributed by atoms with Crippen LogP contribution in [-0.4, -0.2) is 49.2 Å². The van der Waals surface area contributed by atoms with Gasteiger partial charge < -0.3 is 21.1 Å². The lowest BCUT2D eigenvalue weighted by molar-refractivity contribution is -0.129. The summed E-state index contributed by atoms with van der Waals surface area (Å²) in [4.78, 5) is 22.9. The highest BCUT2D eigenvalue weighted by molar-refractivity contribution is 5.89. The van der Waals surface area contributed by atoms with Gasteiger partial charge in [-0.05, 0) is 27.3 Å². The molecule has 0 heterocycles. The van der Waals surface area contributed by atoms with Crippen LogP contribution >= 0.6 is 0 Å². The van der Waals surface area contributed by atoms with Gasteiger partial charge in [0.1, 0.15) is 6.04 Å². The molecule has 2 amide bonds. The first-order valence-corrected chi connectivity index (χ1v) is 5.39. The number of aliphatic hydroxyl groups excluding tert-OH is 1. The molecule has 0 aliphatic heterocycles. The molecule has 0 saturated carbocycles. The summed E-state index contributed by atoms with van der Waals surface area (Å²) in [7, 11) is 1.68. The van der Waals surface area contributed by atoms with Gasteiger partial charge in [0.05, 0.1) is 6.04 Å². The minimum absolute atomic E-state index is 0.0395. The van der Waals surface area contributed by atoms with Crippen LogP contribution in [0.4, 0.5) is 0 Å². The number of nitrogens with one attached hydrogen (secondary N) is 3. The third-order valence-electron chi connectivity index (χ3n) is 2.21. The highest BCUT2D eigenvalue weighted by atomic mass is 16.3. The summed E-state index contributed by atoms with van der Waals surface area (Å²) in [5, 5.41) is 16.5. The number of carbonyl (C=O) groups excluding carboxylic acids is 2. The van der Waals surface area contributed by atoms with E-state index in [0.717, 1.165) is 0 Å². The summed E-state index contributed by atoms with van der Waals surface area (Å²) in [5.74, 6) is -0.461. The molecule has 4 N–H and O–H groups in total. The van der Waals surface area contributed by atoms with Gasteiger partial charge in [-0.15, -0.1) is 0 Å². The standard InChI is InChI=1S/C10H21N3O3/c1-7(11-3)10(16)13-8(2)9(15)12-5-4-6-14/h7-8,11,14H,4-6H2,1-3H3,(H,12,15)(H,13,16)/t7-,8-/m0/s1. The van der Waals surface area contributed by atoms with Crippen LogP contribution < -0.4 is 16.0 Å². The van der Waals surface area contributed by atoms with E-state index in [4.69, 9.17) is 5.11 Å². The quantitative estimate of drug-likeness (QED) is 0.406.